The van der Waals surface area contributed by atoms with Gasteiger partial charge in [0.25, 0.3) is 5.91 Å². The summed E-state index contributed by atoms with van der Waals surface area (Å²) in [7, 11) is -3.41. The Morgan fingerprint density at radius 1 is 1.35 bits per heavy atom. The number of likely N-dealkylation sites (tertiary alicyclic amines) is 1. The van der Waals surface area contributed by atoms with E-state index in [0.717, 1.165) is 25.8 Å². The lowest BCUT2D eigenvalue weighted by Gasteiger charge is -2.35. The smallest absolute Gasteiger partial charge is 0.251 e. The molecule has 2 rings (SSSR count). The first-order valence-electron chi connectivity index (χ1n) is 9.09. The molecule has 6 nitrogen and oxygen atoms in total. The van der Waals surface area contributed by atoms with E-state index in [1.54, 1.807) is 6.07 Å². The molecule has 1 aliphatic heterocycles. The third-order valence-corrected chi connectivity index (χ3v) is 5.56. The topological polar surface area (TPSA) is 78.5 Å². The average Bonchev–Trinajstić information content (AvgIpc) is 2.59. The number of hydrogen-bond acceptors (Lipinski definition) is 4. The van der Waals surface area contributed by atoms with Crippen molar-refractivity contribution in [3.63, 3.8) is 0 Å². The predicted molar refractivity (Wildman–Crippen MR) is 106 cm³/mol. The van der Waals surface area contributed by atoms with Crippen LogP contribution in [0.3, 0.4) is 0 Å². The van der Waals surface area contributed by atoms with Gasteiger partial charge in [-0.05, 0) is 50.4 Å². The van der Waals surface area contributed by atoms with Crippen LogP contribution in [-0.2, 0) is 10.0 Å². The number of carbonyl (C=O) groups excluding carboxylic acids is 1. The molecule has 1 aromatic rings. The molecule has 2 N–H and O–H groups in total. The van der Waals surface area contributed by atoms with Crippen LogP contribution in [0.25, 0.3) is 0 Å². The van der Waals surface area contributed by atoms with Crippen LogP contribution >= 0.6 is 11.6 Å². The number of piperidine rings is 1. The van der Waals surface area contributed by atoms with E-state index in [1.807, 2.05) is 0 Å². The van der Waals surface area contributed by atoms with Crippen molar-refractivity contribution in [3.8, 4) is 0 Å². The number of amides is 1. The molecule has 1 heterocycles. The SMILES string of the molecule is CC[C@@H]1CCCCN1CCCNC(=O)c1ccc(NS(C)(=O)=O)c(Cl)c1. The second-order valence-corrected chi connectivity index (χ2v) is 8.93. The van der Waals surface area contributed by atoms with E-state index in [-0.39, 0.29) is 16.6 Å². The van der Waals surface area contributed by atoms with Gasteiger partial charge >= 0.3 is 0 Å². The molecular weight excluding hydrogens is 374 g/mol. The monoisotopic (exact) mass is 401 g/mol. The maximum absolute atomic E-state index is 12.2. The number of nitrogens with zero attached hydrogens (tertiary/aromatic N) is 1. The maximum Gasteiger partial charge on any atom is 0.251 e. The van der Waals surface area contributed by atoms with Gasteiger partial charge in [0, 0.05) is 24.7 Å². The van der Waals surface area contributed by atoms with Gasteiger partial charge in [-0.1, -0.05) is 24.9 Å². The Balaban J connectivity index is 1.81. The fraction of sp³-hybridized carbons (Fsp3) is 0.611. The molecule has 0 radical (unpaired) electrons. The van der Waals surface area contributed by atoms with Gasteiger partial charge < -0.3 is 10.2 Å². The van der Waals surface area contributed by atoms with Gasteiger partial charge in [0.05, 0.1) is 17.0 Å². The zero-order chi connectivity index (χ0) is 19.2. The molecule has 146 valence electrons. The van der Waals surface area contributed by atoms with Crippen LogP contribution in [0.2, 0.25) is 5.02 Å². The lowest BCUT2D eigenvalue weighted by molar-refractivity contribution is 0.0947. The van der Waals surface area contributed by atoms with Crippen molar-refractivity contribution < 1.29 is 13.2 Å². The Kier molecular flexibility index (Phi) is 7.73. The van der Waals surface area contributed by atoms with Crippen molar-refractivity contribution in [2.24, 2.45) is 0 Å². The maximum atomic E-state index is 12.2. The molecule has 0 aliphatic carbocycles. The number of halogens is 1. The summed E-state index contributed by atoms with van der Waals surface area (Å²) in [6.07, 6.45) is 6.99. The quantitative estimate of drug-likeness (QED) is 0.656. The molecule has 8 heteroatoms. The van der Waals surface area contributed by atoms with Crippen molar-refractivity contribution >= 4 is 33.2 Å². The van der Waals surface area contributed by atoms with Crippen LogP contribution in [0.1, 0.15) is 49.4 Å². The van der Waals surface area contributed by atoms with E-state index in [9.17, 15) is 13.2 Å². The molecule has 1 aromatic carbocycles. The molecule has 1 amide bonds. The van der Waals surface area contributed by atoms with Gasteiger partial charge in [-0.3, -0.25) is 9.52 Å². The minimum atomic E-state index is -3.41. The summed E-state index contributed by atoms with van der Waals surface area (Å²) >= 11 is 6.06. The Hall–Kier alpha value is -1.31. The molecule has 0 unspecified atom stereocenters. The Morgan fingerprint density at radius 2 is 2.12 bits per heavy atom. The molecule has 1 aliphatic rings. The first kappa shape index (κ1) is 21.0. The number of carbonyl (C=O) groups is 1. The van der Waals surface area contributed by atoms with Gasteiger partial charge in [-0.2, -0.15) is 0 Å². The summed E-state index contributed by atoms with van der Waals surface area (Å²) < 4.78 is 24.9. The van der Waals surface area contributed by atoms with E-state index in [2.05, 4.69) is 21.9 Å². The average molecular weight is 402 g/mol. The zero-order valence-corrected chi connectivity index (χ0v) is 17.0. The molecule has 0 aromatic heterocycles. The number of benzene rings is 1. The van der Waals surface area contributed by atoms with Crippen LogP contribution in [0.15, 0.2) is 18.2 Å². The van der Waals surface area contributed by atoms with Crippen molar-refractivity contribution in [3.05, 3.63) is 28.8 Å². The highest BCUT2D eigenvalue weighted by Crippen LogP contribution is 2.24. The summed E-state index contributed by atoms with van der Waals surface area (Å²) in [5, 5.41) is 3.10. The highest BCUT2D eigenvalue weighted by atomic mass is 35.5. The van der Waals surface area contributed by atoms with Gasteiger partial charge in [0.15, 0.2) is 0 Å². The van der Waals surface area contributed by atoms with E-state index in [0.29, 0.717) is 18.2 Å². The highest BCUT2D eigenvalue weighted by molar-refractivity contribution is 7.92. The Labute approximate surface area is 161 Å². The number of rotatable bonds is 8. The summed E-state index contributed by atoms with van der Waals surface area (Å²) in [5.74, 6) is -0.205. The summed E-state index contributed by atoms with van der Waals surface area (Å²) in [6.45, 7) is 4.98. The second kappa shape index (κ2) is 9.58. The normalized spacial score (nSPS) is 18.5. The third-order valence-electron chi connectivity index (χ3n) is 4.65. The molecule has 0 saturated carbocycles. The summed E-state index contributed by atoms with van der Waals surface area (Å²) in [5.41, 5.74) is 0.680. The molecule has 1 atom stereocenters. The van der Waals surface area contributed by atoms with Gasteiger partial charge in [-0.25, -0.2) is 8.42 Å². The van der Waals surface area contributed by atoms with E-state index in [4.69, 9.17) is 11.6 Å². The molecule has 1 saturated heterocycles. The molecule has 1 fully saturated rings. The highest BCUT2D eigenvalue weighted by Gasteiger charge is 2.20. The standard InChI is InChI=1S/C18H28ClN3O3S/c1-3-15-7-4-5-11-22(15)12-6-10-20-18(23)14-8-9-17(16(19)13-14)21-26(2,24)25/h8-9,13,15,21H,3-7,10-12H2,1-2H3,(H,20,23)/t15-/m1/s1. The van der Waals surface area contributed by atoms with E-state index < -0.39 is 10.0 Å². The second-order valence-electron chi connectivity index (χ2n) is 6.77. The van der Waals surface area contributed by atoms with Gasteiger partial charge in [0.2, 0.25) is 10.0 Å². The summed E-state index contributed by atoms with van der Waals surface area (Å²) in [6, 6.07) is 5.21. The van der Waals surface area contributed by atoms with Crippen LogP contribution in [0.5, 0.6) is 0 Å². The lowest BCUT2D eigenvalue weighted by Crippen LogP contribution is -2.40. The Morgan fingerprint density at radius 3 is 2.77 bits per heavy atom. The van der Waals surface area contributed by atoms with Crippen LogP contribution < -0.4 is 10.0 Å². The number of anilines is 1. The fourth-order valence-electron chi connectivity index (χ4n) is 3.34. The number of nitrogens with one attached hydrogen (secondary N) is 2. The minimum Gasteiger partial charge on any atom is -0.352 e. The first-order chi connectivity index (χ1) is 12.3. The number of hydrogen-bond donors (Lipinski definition) is 2. The van der Waals surface area contributed by atoms with Crippen molar-refractivity contribution in [2.75, 3.05) is 30.6 Å². The number of sulfonamides is 1. The fourth-order valence-corrected chi connectivity index (χ4v) is 4.20. The minimum absolute atomic E-state index is 0.196. The third kappa shape index (κ3) is 6.45. The largest absolute Gasteiger partial charge is 0.352 e. The van der Waals surface area contributed by atoms with E-state index >= 15 is 0 Å². The van der Waals surface area contributed by atoms with Crippen molar-refractivity contribution in [1.82, 2.24) is 10.2 Å². The molecule has 0 bridgehead atoms. The van der Waals surface area contributed by atoms with Crippen molar-refractivity contribution in [1.29, 1.82) is 0 Å². The predicted octanol–water partition coefficient (Wildman–Crippen LogP) is 3.10. The lowest BCUT2D eigenvalue weighted by atomic mass is 10.00. The Bertz CT molecular complexity index is 724. The molecule has 26 heavy (non-hydrogen) atoms. The van der Waals surface area contributed by atoms with Crippen LogP contribution in [0, 0.1) is 0 Å². The van der Waals surface area contributed by atoms with Crippen molar-refractivity contribution in [2.45, 2.75) is 45.1 Å². The summed E-state index contributed by atoms with van der Waals surface area (Å²) in [4.78, 5) is 14.8. The van der Waals surface area contributed by atoms with Crippen LogP contribution in [-0.4, -0.2) is 51.2 Å². The van der Waals surface area contributed by atoms with Crippen LogP contribution in [0.4, 0.5) is 5.69 Å². The zero-order valence-electron chi connectivity index (χ0n) is 15.4. The molecular formula is C18H28ClN3O3S. The van der Waals surface area contributed by atoms with E-state index in [1.165, 1.54) is 37.8 Å². The first-order valence-corrected chi connectivity index (χ1v) is 11.4. The van der Waals surface area contributed by atoms with Gasteiger partial charge in [-0.15, -0.1) is 0 Å². The van der Waals surface area contributed by atoms with Gasteiger partial charge in [0.1, 0.15) is 0 Å². The molecule has 0 spiro atoms.